The maximum absolute atomic E-state index is 11.9. The van der Waals surface area contributed by atoms with Crippen molar-refractivity contribution < 1.29 is 19.4 Å². The minimum absolute atomic E-state index is 0.417. The van der Waals surface area contributed by atoms with Crippen LogP contribution < -0.4 is 15.4 Å². The van der Waals surface area contributed by atoms with Gasteiger partial charge in [-0.3, -0.25) is 0 Å². The van der Waals surface area contributed by atoms with Crippen LogP contribution in [0.5, 0.6) is 5.75 Å². The highest BCUT2D eigenvalue weighted by atomic mass is 35.5. The first-order chi connectivity index (χ1) is 9.65. The lowest BCUT2D eigenvalue weighted by Crippen LogP contribution is -2.50. The molecule has 0 saturated carbocycles. The number of ether oxygens (including phenoxy) is 1. The van der Waals surface area contributed by atoms with E-state index < -0.39 is 23.5 Å². The normalized spacial score (nSPS) is 12.4. The number of carboxylic acids is 1. The number of amides is 2. The van der Waals surface area contributed by atoms with Crippen molar-refractivity contribution in [2.24, 2.45) is 5.41 Å². The van der Waals surface area contributed by atoms with Gasteiger partial charge >= 0.3 is 12.0 Å². The Balaban J connectivity index is 2.79. The molecule has 3 N–H and O–H groups in total. The first kappa shape index (κ1) is 17.1. The van der Waals surface area contributed by atoms with E-state index in [4.69, 9.17) is 21.4 Å². The summed E-state index contributed by atoms with van der Waals surface area (Å²) in [6.07, 6.45) is 0. The number of nitrogens with one attached hydrogen (secondary N) is 2. The Hall–Kier alpha value is -1.95. The molecule has 0 radical (unpaired) electrons. The van der Waals surface area contributed by atoms with Crippen LogP contribution in [-0.4, -0.2) is 30.3 Å². The maximum Gasteiger partial charge on any atom is 0.326 e. The molecule has 116 valence electrons. The van der Waals surface area contributed by atoms with Crippen molar-refractivity contribution in [3.8, 4) is 5.75 Å². The zero-order valence-corrected chi connectivity index (χ0v) is 13.1. The number of anilines is 1. The molecule has 0 unspecified atom stereocenters. The first-order valence-corrected chi connectivity index (χ1v) is 6.67. The van der Waals surface area contributed by atoms with Gasteiger partial charge in [0.05, 0.1) is 12.1 Å². The Morgan fingerprint density at radius 1 is 1.33 bits per heavy atom. The number of rotatable bonds is 4. The van der Waals surface area contributed by atoms with Gasteiger partial charge in [-0.1, -0.05) is 32.4 Å². The van der Waals surface area contributed by atoms with Crippen molar-refractivity contribution in [1.82, 2.24) is 5.32 Å². The standard InChI is InChI=1S/C14H19ClN2O4/c1-14(2,3)11(12(18)19)17-13(20)16-8-5-6-9(15)10(7-8)21-4/h5-7,11H,1-4H3,(H,18,19)(H2,16,17,20)/t11-/m1/s1. The van der Waals surface area contributed by atoms with Crippen molar-refractivity contribution >= 4 is 29.3 Å². The van der Waals surface area contributed by atoms with E-state index in [2.05, 4.69) is 10.6 Å². The first-order valence-electron chi connectivity index (χ1n) is 6.29. The molecule has 6 nitrogen and oxygen atoms in total. The second-order valence-electron chi connectivity index (χ2n) is 5.59. The van der Waals surface area contributed by atoms with Gasteiger partial charge in [0.15, 0.2) is 0 Å². The summed E-state index contributed by atoms with van der Waals surface area (Å²) in [4.78, 5) is 23.1. The molecule has 1 aromatic rings. The van der Waals surface area contributed by atoms with Gasteiger partial charge in [0, 0.05) is 11.8 Å². The Labute approximate surface area is 128 Å². The summed E-state index contributed by atoms with van der Waals surface area (Å²) in [5, 5.41) is 14.6. The van der Waals surface area contributed by atoms with Gasteiger partial charge in [-0.15, -0.1) is 0 Å². The van der Waals surface area contributed by atoms with Crippen LogP contribution in [0.2, 0.25) is 5.02 Å². The number of aliphatic carboxylic acids is 1. The van der Waals surface area contributed by atoms with Crippen LogP contribution in [0.15, 0.2) is 18.2 Å². The minimum atomic E-state index is -1.09. The number of carbonyl (C=O) groups excluding carboxylic acids is 1. The van der Waals surface area contributed by atoms with Crippen LogP contribution in [0, 0.1) is 5.41 Å². The molecule has 0 fully saturated rings. The lowest BCUT2D eigenvalue weighted by molar-refractivity contribution is -0.141. The van der Waals surface area contributed by atoms with E-state index in [1.807, 2.05) is 0 Å². The monoisotopic (exact) mass is 314 g/mol. The van der Waals surface area contributed by atoms with Gasteiger partial charge in [0.25, 0.3) is 0 Å². The van der Waals surface area contributed by atoms with E-state index in [1.54, 1.807) is 39.0 Å². The number of hydrogen-bond acceptors (Lipinski definition) is 3. The molecule has 21 heavy (non-hydrogen) atoms. The summed E-state index contributed by atoms with van der Waals surface area (Å²) in [7, 11) is 1.46. The van der Waals surface area contributed by atoms with Crippen molar-refractivity contribution in [2.45, 2.75) is 26.8 Å². The summed E-state index contributed by atoms with van der Waals surface area (Å²) in [6, 6.07) is 3.11. The molecule has 0 spiro atoms. The zero-order chi connectivity index (χ0) is 16.2. The smallest absolute Gasteiger partial charge is 0.326 e. The number of benzene rings is 1. The average molecular weight is 315 g/mol. The Kier molecular flexibility index (Phi) is 5.43. The molecule has 0 aliphatic rings. The molecule has 1 aromatic carbocycles. The number of halogens is 1. The molecule has 1 rings (SSSR count). The Bertz CT molecular complexity index is 540. The molecule has 0 aliphatic carbocycles. The van der Waals surface area contributed by atoms with Gasteiger partial charge < -0.3 is 20.5 Å². The van der Waals surface area contributed by atoms with E-state index in [0.29, 0.717) is 16.5 Å². The highest BCUT2D eigenvalue weighted by Crippen LogP contribution is 2.27. The summed E-state index contributed by atoms with van der Waals surface area (Å²) >= 11 is 5.89. The molecule has 0 saturated heterocycles. The average Bonchev–Trinajstić information content (AvgIpc) is 2.36. The van der Waals surface area contributed by atoms with E-state index in [9.17, 15) is 9.59 Å². The summed E-state index contributed by atoms with van der Waals surface area (Å²) in [5.74, 6) is -0.675. The highest BCUT2D eigenvalue weighted by Gasteiger charge is 2.32. The number of hydrogen-bond donors (Lipinski definition) is 3. The lowest BCUT2D eigenvalue weighted by Gasteiger charge is -2.27. The SMILES string of the molecule is COc1cc(NC(=O)N[C@H](C(=O)O)C(C)(C)C)ccc1Cl. The number of methoxy groups -OCH3 is 1. The lowest BCUT2D eigenvalue weighted by atomic mass is 9.87. The summed E-state index contributed by atoms with van der Waals surface area (Å²) in [5.41, 5.74) is -0.160. The van der Waals surface area contributed by atoms with Crippen molar-refractivity contribution in [3.05, 3.63) is 23.2 Å². The van der Waals surface area contributed by atoms with E-state index in [1.165, 1.54) is 7.11 Å². The van der Waals surface area contributed by atoms with Gasteiger partial charge in [0.1, 0.15) is 11.8 Å². The number of urea groups is 1. The van der Waals surface area contributed by atoms with Crippen molar-refractivity contribution in [3.63, 3.8) is 0 Å². The summed E-state index contributed by atoms with van der Waals surface area (Å²) in [6.45, 7) is 5.20. The molecular weight excluding hydrogens is 296 g/mol. The fraction of sp³-hybridized carbons (Fsp3) is 0.429. The highest BCUT2D eigenvalue weighted by molar-refractivity contribution is 6.32. The molecule has 0 heterocycles. The maximum atomic E-state index is 11.9. The van der Waals surface area contributed by atoms with Crippen molar-refractivity contribution in [1.29, 1.82) is 0 Å². The van der Waals surface area contributed by atoms with Gasteiger partial charge in [-0.05, 0) is 17.5 Å². The molecule has 0 aliphatic heterocycles. The van der Waals surface area contributed by atoms with Crippen LogP contribution in [0.4, 0.5) is 10.5 Å². The van der Waals surface area contributed by atoms with Crippen LogP contribution in [0.25, 0.3) is 0 Å². The second kappa shape index (κ2) is 6.67. The molecule has 1 atom stereocenters. The molecule has 2 amide bonds. The van der Waals surface area contributed by atoms with Crippen molar-refractivity contribution in [2.75, 3.05) is 12.4 Å². The van der Waals surface area contributed by atoms with Crippen LogP contribution in [0.1, 0.15) is 20.8 Å². The number of carboxylic acid groups (broad SMARTS) is 1. The van der Waals surface area contributed by atoms with E-state index in [0.717, 1.165) is 0 Å². The zero-order valence-electron chi connectivity index (χ0n) is 12.4. The molecule has 0 aromatic heterocycles. The third-order valence-electron chi connectivity index (χ3n) is 2.80. The van der Waals surface area contributed by atoms with Gasteiger partial charge in [-0.25, -0.2) is 9.59 Å². The Morgan fingerprint density at radius 2 is 1.95 bits per heavy atom. The van der Waals surface area contributed by atoms with E-state index in [-0.39, 0.29) is 0 Å². The van der Waals surface area contributed by atoms with Gasteiger partial charge in [-0.2, -0.15) is 0 Å². The Morgan fingerprint density at radius 3 is 2.43 bits per heavy atom. The van der Waals surface area contributed by atoms with Crippen LogP contribution >= 0.6 is 11.6 Å². The van der Waals surface area contributed by atoms with E-state index >= 15 is 0 Å². The molecule has 0 bridgehead atoms. The largest absolute Gasteiger partial charge is 0.495 e. The minimum Gasteiger partial charge on any atom is -0.495 e. The van der Waals surface area contributed by atoms with Gasteiger partial charge in [0.2, 0.25) is 0 Å². The summed E-state index contributed by atoms with van der Waals surface area (Å²) < 4.78 is 5.04. The predicted molar refractivity (Wildman–Crippen MR) is 81.0 cm³/mol. The van der Waals surface area contributed by atoms with Crippen LogP contribution in [0.3, 0.4) is 0 Å². The second-order valence-corrected chi connectivity index (χ2v) is 5.99. The van der Waals surface area contributed by atoms with Crippen LogP contribution in [-0.2, 0) is 4.79 Å². The quantitative estimate of drug-likeness (QED) is 0.797. The third-order valence-corrected chi connectivity index (χ3v) is 3.11. The third kappa shape index (κ3) is 4.82. The number of carbonyl (C=O) groups is 2. The fourth-order valence-corrected chi connectivity index (χ4v) is 1.88. The molecule has 7 heteroatoms. The predicted octanol–water partition coefficient (Wildman–Crippen LogP) is 2.97. The molecular formula is C14H19ClN2O4. The topological polar surface area (TPSA) is 87.7 Å². The fourth-order valence-electron chi connectivity index (χ4n) is 1.68.